The Balaban J connectivity index is 2.45. The van der Waals surface area contributed by atoms with Crippen LogP contribution >= 0.6 is 0 Å². The Kier molecular flexibility index (Phi) is 1.01. The quantitative estimate of drug-likeness (QED) is 0.467. The van der Waals surface area contributed by atoms with Crippen molar-refractivity contribution in [1.82, 2.24) is 0 Å². The maximum atomic E-state index is 3.76. The van der Waals surface area contributed by atoms with E-state index in [9.17, 15) is 0 Å². The maximum Gasteiger partial charge on any atom is -0.0279 e. The van der Waals surface area contributed by atoms with Gasteiger partial charge in [-0.05, 0) is 19.8 Å². The van der Waals surface area contributed by atoms with Gasteiger partial charge in [0, 0.05) is 0 Å². The Morgan fingerprint density at radius 2 is 2.29 bits per heavy atom. The largest absolute Gasteiger partial charge is 0.0961 e. The van der Waals surface area contributed by atoms with E-state index in [0.29, 0.717) is 0 Å². The van der Waals surface area contributed by atoms with Gasteiger partial charge in [-0.1, -0.05) is 23.8 Å². The highest BCUT2D eigenvalue weighted by Gasteiger charge is 2.08. The van der Waals surface area contributed by atoms with Gasteiger partial charge in [-0.15, -0.1) is 0 Å². The molecule has 7 heavy (non-hydrogen) atoms. The molecule has 0 atom stereocenters. The van der Waals surface area contributed by atoms with Crippen molar-refractivity contribution in [2.45, 2.75) is 19.8 Å². The summed E-state index contributed by atoms with van der Waals surface area (Å²) in [6.45, 7) is 5.79. The van der Waals surface area contributed by atoms with Gasteiger partial charge in [0.15, 0.2) is 0 Å². The summed E-state index contributed by atoms with van der Waals surface area (Å²) in [4.78, 5) is 0. The van der Waals surface area contributed by atoms with Crippen LogP contribution in [0.15, 0.2) is 23.8 Å². The minimum atomic E-state index is 1.19. The monoisotopic (exact) mass is 94.1 g/mol. The first-order valence-electron chi connectivity index (χ1n) is 2.64. The second kappa shape index (κ2) is 1.53. The van der Waals surface area contributed by atoms with Crippen LogP contribution in [0.5, 0.6) is 0 Å². The van der Waals surface area contributed by atoms with Crippen LogP contribution in [0.2, 0.25) is 0 Å². The van der Waals surface area contributed by atoms with Crippen LogP contribution in [0.4, 0.5) is 0 Å². The molecule has 0 amide bonds. The van der Waals surface area contributed by atoms with Gasteiger partial charge in [0.1, 0.15) is 0 Å². The number of hydrogen-bond donors (Lipinski definition) is 0. The van der Waals surface area contributed by atoms with E-state index < -0.39 is 0 Å². The van der Waals surface area contributed by atoms with Gasteiger partial charge in [0.25, 0.3) is 0 Å². The fourth-order valence-electron chi connectivity index (χ4n) is 0.565. The van der Waals surface area contributed by atoms with E-state index in [1.807, 2.05) is 6.92 Å². The van der Waals surface area contributed by atoms with Crippen LogP contribution in [-0.4, -0.2) is 0 Å². The lowest BCUT2D eigenvalue weighted by Crippen LogP contribution is -1.56. The van der Waals surface area contributed by atoms with Crippen LogP contribution in [-0.2, 0) is 0 Å². The van der Waals surface area contributed by atoms with E-state index >= 15 is 0 Å². The summed E-state index contributed by atoms with van der Waals surface area (Å²) < 4.78 is 0. The third kappa shape index (κ3) is 1.58. The van der Waals surface area contributed by atoms with Crippen molar-refractivity contribution < 1.29 is 0 Å². The van der Waals surface area contributed by atoms with Crippen LogP contribution in [0, 0.1) is 0 Å². The topological polar surface area (TPSA) is 0 Å². The van der Waals surface area contributed by atoms with Gasteiger partial charge < -0.3 is 0 Å². The lowest BCUT2D eigenvalue weighted by atomic mass is 10.3. The molecule has 0 aromatic carbocycles. The average molecular weight is 94.2 g/mol. The van der Waals surface area contributed by atoms with E-state index in [1.54, 1.807) is 5.57 Å². The molecular weight excluding hydrogens is 84.1 g/mol. The molecule has 0 spiro atoms. The Morgan fingerprint density at radius 3 is 2.43 bits per heavy atom. The third-order valence-corrected chi connectivity index (χ3v) is 0.989. The number of rotatable bonds is 1. The lowest BCUT2D eigenvalue weighted by molar-refractivity contribution is 1.50. The predicted octanol–water partition coefficient (Wildman–Crippen LogP) is 2.28. The Labute approximate surface area is 44.5 Å². The molecule has 0 radical (unpaired) electrons. The summed E-state index contributed by atoms with van der Waals surface area (Å²) in [5.74, 6) is 0. The molecule has 0 heterocycles. The Hall–Kier alpha value is -0.520. The molecule has 0 N–H and O–H groups in total. The minimum Gasteiger partial charge on any atom is -0.0961 e. The van der Waals surface area contributed by atoms with Crippen molar-refractivity contribution in [2.24, 2.45) is 0 Å². The zero-order valence-electron chi connectivity index (χ0n) is 4.70. The molecule has 0 aromatic rings. The first-order valence-corrected chi connectivity index (χ1v) is 2.64. The summed E-state index contributed by atoms with van der Waals surface area (Å²) >= 11 is 0. The fraction of sp³-hybridized carbons (Fsp3) is 0.429. The summed E-state index contributed by atoms with van der Waals surface area (Å²) in [5.41, 5.74) is 2.75. The standard InChI is InChI=1S/C7H10/c1-6(2)5-7-3-4-7/h5H,1,3-4H2,2H3. The van der Waals surface area contributed by atoms with Gasteiger partial charge in [-0.25, -0.2) is 0 Å². The van der Waals surface area contributed by atoms with Crippen molar-refractivity contribution in [2.75, 3.05) is 0 Å². The smallest absolute Gasteiger partial charge is 0.0279 e. The lowest BCUT2D eigenvalue weighted by Gasteiger charge is -1.77. The molecule has 1 aliphatic rings. The third-order valence-electron chi connectivity index (χ3n) is 0.989. The molecule has 38 valence electrons. The molecular formula is C7H10. The predicted molar refractivity (Wildman–Crippen MR) is 32.1 cm³/mol. The van der Waals surface area contributed by atoms with Crippen molar-refractivity contribution in [3.8, 4) is 0 Å². The molecule has 1 fully saturated rings. The molecule has 1 saturated carbocycles. The molecule has 0 nitrogen and oxygen atoms in total. The van der Waals surface area contributed by atoms with Crippen LogP contribution in [0.25, 0.3) is 0 Å². The fourth-order valence-corrected chi connectivity index (χ4v) is 0.565. The molecule has 0 aromatic heterocycles. The van der Waals surface area contributed by atoms with Gasteiger partial charge in [-0.3, -0.25) is 0 Å². The molecule has 0 unspecified atom stereocenters. The summed E-state index contributed by atoms with van der Waals surface area (Å²) in [6.07, 6.45) is 4.79. The van der Waals surface area contributed by atoms with Gasteiger partial charge in [-0.2, -0.15) is 0 Å². The van der Waals surface area contributed by atoms with Crippen molar-refractivity contribution >= 4 is 0 Å². The summed E-state index contributed by atoms with van der Waals surface area (Å²) in [5, 5.41) is 0. The second-order valence-electron chi connectivity index (χ2n) is 2.15. The van der Waals surface area contributed by atoms with Gasteiger partial charge in [0.05, 0.1) is 0 Å². The number of hydrogen-bond acceptors (Lipinski definition) is 0. The number of allylic oxidation sites excluding steroid dienone is 3. The van der Waals surface area contributed by atoms with E-state index in [1.165, 1.54) is 18.4 Å². The molecule has 0 saturated heterocycles. The van der Waals surface area contributed by atoms with Gasteiger partial charge >= 0.3 is 0 Å². The second-order valence-corrected chi connectivity index (χ2v) is 2.15. The van der Waals surface area contributed by atoms with E-state index in [0.717, 1.165) is 0 Å². The zero-order chi connectivity index (χ0) is 5.28. The molecule has 0 aliphatic heterocycles. The zero-order valence-corrected chi connectivity index (χ0v) is 4.70. The highest BCUT2D eigenvalue weighted by atomic mass is 14.1. The summed E-state index contributed by atoms with van der Waals surface area (Å²) in [7, 11) is 0. The van der Waals surface area contributed by atoms with E-state index in [4.69, 9.17) is 0 Å². The average Bonchev–Trinajstić information content (AvgIpc) is 2.17. The van der Waals surface area contributed by atoms with Crippen molar-refractivity contribution in [1.29, 1.82) is 0 Å². The maximum absolute atomic E-state index is 3.76. The van der Waals surface area contributed by atoms with E-state index in [2.05, 4.69) is 12.7 Å². The van der Waals surface area contributed by atoms with E-state index in [-0.39, 0.29) is 0 Å². The molecule has 0 heteroatoms. The van der Waals surface area contributed by atoms with Crippen LogP contribution in [0.3, 0.4) is 0 Å². The first kappa shape index (κ1) is 4.63. The Bertz CT molecular complexity index is 112. The summed E-state index contributed by atoms with van der Waals surface area (Å²) in [6, 6.07) is 0. The highest BCUT2D eigenvalue weighted by Crippen LogP contribution is 2.28. The van der Waals surface area contributed by atoms with Gasteiger partial charge in [0.2, 0.25) is 0 Å². The highest BCUT2D eigenvalue weighted by molar-refractivity contribution is 5.26. The molecule has 0 bridgehead atoms. The van der Waals surface area contributed by atoms with Crippen LogP contribution < -0.4 is 0 Å². The minimum absolute atomic E-state index is 1.19. The van der Waals surface area contributed by atoms with Crippen LogP contribution in [0.1, 0.15) is 19.8 Å². The molecule has 1 rings (SSSR count). The van der Waals surface area contributed by atoms with Crippen molar-refractivity contribution in [3.63, 3.8) is 0 Å². The Morgan fingerprint density at radius 1 is 1.71 bits per heavy atom. The van der Waals surface area contributed by atoms with Crippen molar-refractivity contribution in [3.05, 3.63) is 23.8 Å². The first-order chi connectivity index (χ1) is 3.29. The SMILES string of the molecule is C=C(C)C=C1CC1. The normalized spacial score (nSPS) is 16.4. The molecule has 1 aliphatic carbocycles.